The molecular formula is C12H11ClFN3. The second-order valence-electron chi connectivity index (χ2n) is 4.25. The molecule has 3 nitrogen and oxygen atoms in total. The molecule has 17 heavy (non-hydrogen) atoms. The van der Waals surface area contributed by atoms with Gasteiger partial charge in [-0.2, -0.15) is 0 Å². The Morgan fingerprint density at radius 2 is 2.12 bits per heavy atom. The molecule has 2 aromatic rings. The van der Waals surface area contributed by atoms with E-state index in [-0.39, 0.29) is 5.15 Å². The Balaban J connectivity index is 2.31. The van der Waals surface area contributed by atoms with Gasteiger partial charge in [0.25, 0.3) is 0 Å². The van der Waals surface area contributed by atoms with E-state index in [9.17, 15) is 4.39 Å². The van der Waals surface area contributed by atoms with E-state index in [4.69, 9.17) is 11.6 Å². The maximum Gasteiger partial charge on any atom is 0.168 e. The molecule has 0 spiro atoms. The Labute approximate surface area is 103 Å². The summed E-state index contributed by atoms with van der Waals surface area (Å²) in [5, 5.41) is 1.15. The average molecular weight is 252 g/mol. The highest BCUT2D eigenvalue weighted by atomic mass is 35.5. The molecule has 1 aliphatic heterocycles. The van der Waals surface area contributed by atoms with Crippen LogP contribution in [0.15, 0.2) is 12.3 Å². The van der Waals surface area contributed by atoms with E-state index in [1.807, 2.05) is 6.92 Å². The molecule has 1 aliphatic rings. The summed E-state index contributed by atoms with van der Waals surface area (Å²) in [6.07, 6.45) is 2.75. The number of halogens is 2. The second kappa shape index (κ2) is 3.81. The minimum Gasteiger partial charge on any atom is -0.356 e. The first-order valence-corrected chi connectivity index (χ1v) is 5.91. The lowest BCUT2D eigenvalue weighted by molar-refractivity contribution is 0.610. The van der Waals surface area contributed by atoms with E-state index in [1.54, 1.807) is 12.3 Å². The van der Waals surface area contributed by atoms with Crippen molar-refractivity contribution in [1.29, 1.82) is 0 Å². The number of hydrogen-bond acceptors (Lipinski definition) is 3. The van der Waals surface area contributed by atoms with Gasteiger partial charge < -0.3 is 4.90 Å². The first kappa shape index (κ1) is 10.7. The fourth-order valence-electron chi connectivity index (χ4n) is 2.03. The second-order valence-corrected chi connectivity index (χ2v) is 4.61. The summed E-state index contributed by atoms with van der Waals surface area (Å²) < 4.78 is 13.9. The molecule has 5 heteroatoms. The molecule has 3 rings (SSSR count). The van der Waals surface area contributed by atoms with Crippen molar-refractivity contribution in [2.24, 2.45) is 0 Å². The van der Waals surface area contributed by atoms with E-state index in [0.29, 0.717) is 5.39 Å². The zero-order chi connectivity index (χ0) is 12.0. The van der Waals surface area contributed by atoms with Crippen molar-refractivity contribution >= 4 is 28.2 Å². The molecule has 88 valence electrons. The Kier molecular flexibility index (Phi) is 2.40. The maximum absolute atomic E-state index is 13.9. The number of aromatic nitrogens is 2. The molecule has 0 aliphatic carbocycles. The summed E-state index contributed by atoms with van der Waals surface area (Å²) in [5.74, 6) is 0.353. The van der Waals surface area contributed by atoms with Crippen molar-refractivity contribution in [3.8, 4) is 0 Å². The number of nitrogens with zero attached hydrogens (tertiary/aromatic N) is 3. The smallest absolute Gasteiger partial charge is 0.168 e. The van der Waals surface area contributed by atoms with Gasteiger partial charge in [-0.3, -0.25) is 0 Å². The van der Waals surface area contributed by atoms with E-state index in [1.165, 1.54) is 0 Å². The molecule has 0 unspecified atom stereocenters. The fourth-order valence-corrected chi connectivity index (χ4v) is 2.18. The van der Waals surface area contributed by atoms with Crippen LogP contribution in [0.2, 0.25) is 5.15 Å². The van der Waals surface area contributed by atoms with Crippen molar-refractivity contribution in [2.75, 3.05) is 18.0 Å². The lowest BCUT2D eigenvalue weighted by Gasteiger charge is -2.33. The quantitative estimate of drug-likeness (QED) is 0.730. The normalized spacial score (nSPS) is 15.1. The first-order chi connectivity index (χ1) is 8.16. The molecule has 0 aromatic carbocycles. The Hall–Kier alpha value is -1.42. The summed E-state index contributed by atoms with van der Waals surface area (Å²) in [5.41, 5.74) is 0.792. The predicted molar refractivity (Wildman–Crippen MR) is 66.1 cm³/mol. The maximum atomic E-state index is 13.9. The number of aryl methyl sites for hydroxylation is 1. The molecule has 0 bridgehead atoms. The number of anilines is 1. The number of rotatable bonds is 1. The molecule has 0 N–H and O–H groups in total. The van der Waals surface area contributed by atoms with Crippen molar-refractivity contribution in [1.82, 2.24) is 9.97 Å². The highest BCUT2D eigenvalue weighted by Gasteiger charge is 2.20. The van der Waals surface area contributed by atoms with Crippen LogP contribution in [0, 0.1) is 12.7 Å². The molecular weight excluding hydrogens is 241 g/mol. The molecule has 2 aromatic heterocycles. The summed E-state index contributed by atoms with van der Waals surface area (Å²) in [6.45, 7) is 3.79. The zero-order valence-corrected chi connectivity index (χ0v) is 10.1. The third-order valence-corrected chi connectivity index (χ3v) is 3.31. The Bertz CT molecular complexity index is 596. The standard InChI is InChI=1S/C12H11ClFN3/c1-7-5-8-9(6-15-11(13)10(8)14)12(16-7)17-3-2-4-17/h5-6H,2-4H2,1H3. The fraction of sp³-hybridized carbons (Fsp3) is 0.333. The molecule has 3 heterocycles. The van der Waals surface area contributed by atoms with Crippen LogP contribution < -0.4 is 4.90 Å². The summed E-state index contributed by atoms with van der Waals surface area (Å²) in [4.78, 5) is 10.5. The SMILES string of the molecule is Cc1cc2c(F)c(Cl)ncc2c(N2CCC2)n1. The van der Waals surface area contributed by atoms with Gasteiger partial charge in [-0.15, -0.1) is 0 Å². The summed E-state index contributed by atoms with van der Waals surface area (Å²) in [7, 11) is 0. The first-order valence-electron chi connectivity index (χ1n) is 5.53. The lowest BCUT2D eigenvalue weighted by atomic mass is 10.1. The lowest BCUT2D eigenvalue weighted by Crippen LogP contribution is -2.37. The molecule has 1 fully saturated rings. The highest BCUT2D eigenvalue weighted by Crippen LogP contribution is 2.31. The summed E-state index contributed by atoms with van der Waals surface area (Å²) >= 11 is 5.70. The molecule has 0 saturated carbocycles. The zero-order valence-electron chi connectivity index (χ0n) is 9.37. The Morgan fingerprint density at radius 3 is 2.76 bits per heavy atom. The van der Waals surface area contributed by atoms with Gasteiger partial charge in [-0.1, -0.05) is 11.6 Å². The van der Waals surface area contributed by atoms with Gasteiger partial charge in [0, 0.05) is 35.8 Å². The van der Waals surface area contributed by atoms with Gasteiger partial charge >= 0.3 is 0 Å². The topological polar surface area (TPSA) is 29.0 Å². The monoisotopic (exact) mass is 251 g/mol. The van der Waals surface area contributed by atoms with Gasteiger partial charge in [0.05, 0.1) is 0 Å². The van der Waals surface area contributed by atoms with Crippen molar-refractivity contribution in [3.05, 3.63) is 28.9 Å². The number of pyridine rings is 2. The highest BCUT2D eigenvalue weighted by molar-refractivity contribution is 6.30. The minimum atomic E-state index is -0.462. The van der Waals surface area contributed by atoms with Crippen molar-refractivity contribution in [2.45, 2.75) is 13.3 Å². The van der Waals surface area contributed by atoms with Crippen LogP contribution in [0.25, 0.3) is 10.8 Å². The van der Waals surface area contributed by atoms with Gasteiger partial charge in [0.1, 0.15) is 5.82 Å². The van der Waals surface area contributed by atoms with Gasteiger partial charge in [-0.05, 0) is 19.4 Å². The Morgan fingerprint density at radius 1 is 1.35 bits per heavy atom. The van der Waals surface area contributed by atoms with Crippen LogP contribution in [0.3, 0.4) is 0 Å². The predicted octanol–water partition coefficient (Wildman–Crippen LogP) is 2.94. The third kappa shape index (κ3) is 1.63. The van der Waals surface area contributed by atoms with Crippen LogP contribution in [-0.4, -0.2) is 23.1 Å². The van der Waals surface area contributed by atoms with Crippen LogP contribution in [-0.2, 0) is 0 Å². The third-order valence-electron chi connectivity index (χ3n) is 3.05. The summed E-state index contributed by atoms with van der Waals surface area (Å²) in [6, 6.07) is 1.71. The van der Waals surface area contributed by atoms with E-state index in [0.717, 1.165) is 36.4 Å². The largest absolute Gasteiger partial charge is 0.356 e. The van der Waals surface area contributed by atoms with Crippen LogP contribution in [0.4, 0.5) is 10.2 Å². The molecule has 0 radical (unpaired) electrons. The molecule has 0 atom stereocenters. The van der Waals surface area contributed by atoms with E-state index in [2.05, 4.69) is 14.9 Å². The van der Waals surface area contributed by atoms with Gasteiger partial charge in [-0.25, -0.2) is 14.4 Å². The van der Waals surface area contributed by atoms with E-state index < -0.39 is 5.82 Å². The van der Waals surface area contributed by atoms with Gasteiger partial charge in [0.2, 0.25) is 0 Å². The minimum absolute atomic E-state index is 0.0855. The van der Waals surface area contributed by atoms with Crippen LogP contribution in [0.1, 0.15) is 12.1 Å². The van der Waals surface area contributed by atoms with E-state index >= 15 is 0 Å². The molecule has 0 amide bonds. The van der Waals surface area contributed by atoms with Crippen LogP contribution in [0.5, 0.6) is 0 Å². The number of fused-ring (bicyclic) bond motifs is 1. The van der Waals surface area contributed by atoms with Crippen molar-refractivity contribution < 1.29 is 4.39 Å². The van der Waals surface area contributed by atoms with Gasteiger partial charge in [0.15, 0.2) is 11.0 Å². The average Bonchev–Trinajstić information content (AvgIpc) is 2.22. The molecule has 1 saturated heterocycles. The number of hydrogen-bond donors (Lipinski definition) is 0. The van der Waals surface area contributed by atoms with Crippen LogP contribution >= 0.6 is 11.6 Å². The van der Waals surface area contributed by atoms with Crippen molar-refractivity contribution in [3.63, 3.8) is 0 Å².